The molecule has 0 radical (unpaired) electrons. The Bertz CT molecular complexity index is 309. The lowest BCUT2D eigenvalue weighted by atomic mass is 10.2. The van der Waals surface area contributed by atoms with Crippen LogP contribution in [0.4, 0.5) is 0 Å². The van der Waals surface area contributed by atoms with E-state index in [-0.39, 0.29) is 5.97 Å². The lowest BCUT2D eigenvalue weighted by molar-refractivity contribution is -0.134. The van der Waals surface area contributed by atoms with Gasteiger partial charge in [0.2, 0.25) is 0 Å². The van der Waals surface area contributed by atoms with Crippen LogP contribution in [-0.4, -0.2) is 19.2 Å². The minimum atomic E-state index is -0.160. The van der Waals surface area contributed by atoms with Crippen molar-refractivity contribution in [1.29, 1.82) is 0 Å². The van der Waals surface area contributed by atoms with Crippen molar-refractivity contribution in [3.05, 3.63) is 30.3 Å². The molecule has 0 aromatic heterocycles. The van der Waals surface area contributed by atoms with Gasteiger partial charge < -0.3 is 9.47 Å². The monoisotopic (exact) mass is 236 g/mol. The quantitative estimate of drug-likeness (QED) is 0.395. The number of para-hydroxylation sites is 1. The van der Waals surface area contributed by atoms with E-state index in [9.17, 15) is 4.79 Å². The van der Waals surface area contributed by atoms with Crippen molar-refractivity contribution in [2.45, 2.75) is 32.6 Å². The first-order valence-electron chi connectivity index (χ1n) is 6.16. The molecule has 0 bridgehead atoms. The maximum absolute atomic E-state index is 11.4. The van der Waals surface area contributed by atoms with Crippen molar-refractivity contribution in [3.63, 3.8) is 0 Å². The Hall–Kier alpha value is -1.35. The predicted octanol–water partition coefficient (Wildman–Crippen LogP) is 3.19. The van der Waals surface area contributed by atoms with Crippen LogP contribution in [0.1, 0.15) is 32.6 Å². The summed E-state index contributed by atoms with van der Waals surface area (Å²) < 4.78 is 10.4. The molecule has 1 aromatic carbocycles. The van der Waals surface area contributed by atoms with E-state index in [1.807, 2.05) is 25.1 Å². The second kappa shape index (κ2) is 8.76. The summed E-state index contributed by atoms with van der Waals surface area (Å²) in [5.74, 6) is 0.458. The van der Waals surface area contributed by atoms with Crippen molar-refractivity contribution >= 4 is 5.97 Å². The lowest BCUT2D eigenvalue weighted by Crippen LogP contribution is -2.07. The van der Waals surface area contributed by atoms with E-state index < -0.39 is 0 Å². The zero-order valence-electron chi connectivity index (χ0n) is 10.4. The molecule has 0 atom stereocenters. The van der Waals surface area contributed by atoms with Gasteiger partial charge in [-0.3, -0.25) is 4.79 Å². The summed E-state index contributed by atoms with van der Waals surface area (Å²) in [5, 5.41) is 0. The van der Waals surface area contributed by atoms with Crippen molar-refractivity contribution < 1.29 is 14.3 Å². The van der Waals surface area contributed by atoms with E-state index in [0.29, 0.717) is 12.2 Å². The first-order chi connectivity index (χ1) is 8.33. The van der Waals surface area contributed by atoms with Crippen molar-refractivity contribution in [3.8, 4) is 5.75 Å². The van der Waals surface area contributed by atoms with Crippen LogP contribution < -0.4 is 4.74 Å². The maximum atomic E-state index is 11.4. The fourth-order valence-electron chi connectivity index (χ4n) is 1.47. The summed E-state index contributed by atoms with van der Waals surface area (Å²) in [4.78, 5) is 11.4. The molecule has 0 aliphatic rings. The largest absolute Gasteiger partial charge is 0.427 e. The van der Waals surface area contributed by atoms with E-state index in [1.165, 1.54) is 0 Å². The van der Waals surface area contributed by atoms with Crippen LogP contribution in [-0.2, 0) is 9.53 Å². The van der Waals surface area contributed by atoms with Gasteiger partial charge in [0.05, 0.1) is 0 Å². The fourth-order valence-corrected chi connectivity index (χ4v) is 1.47. The third kappa shape index (κ3) is 6.74. The number of unbranched alkanes of at least 4 members (excludes halogenated alkanes) is 2. The Kier molecular flexibility index (Phi) is 7.07. The molecule has 0 heterocycles. The molecular formula is C14H20O3. The normalized spacial score (nSPS) is 10.2. The Labute approximate surface area is 103 Å². The highest BCUT2D eigenvalue weighted by molar-refractivity contribution is 5.72. The molecule has 1 rings (SSSR count). The molecule has 0 saturated heterocycles. The van der Waals surface area contributed by atoms with Crippen molar-refractivity contribution in [1.82, 2.24) is 0 Å². The van der Waals surface area contributed by atoms with Crippen LogP contribution in [0.3, 0.4) is 0 Å². The van der Waals surface area contributed by atoms with Crippen LogP contribution in [0.5, 0.6) is 5.75 Å². The van der Waals surface area contributed by atoms with Gasteiger partial charge in [0.15, 0.2) is 0 Å². The highest BCUT2D eigenvalue weighted by Crippen LogP contribution is 2.10. The molecule has 3 heteroatoms. The van der Waals surface area contributed by atoms with E-state index in [4.69, 9.17) is 9.47 Å². The van der Waals surface area contributed by atoms with Gasteiger partial charge in [-0.2, -0.15) is 0 Å². The number of carbonyl (C=O) groups is 1. The standard InChI is InChI=1S/C14H20O3/c1-2-16-12-8-4-7-11-14(15)17-13-9-5-3-6-10-13/h3,5-6,9-10H,2,4,7-8,11-12H2,1H3. The van der Waals surface area contributed by atoms with Gasteiger partial charge in [-0.25, -0.2) is 0 Å². The number of carbonyl (C=O) groups excluding carboxylic acids is 1. The Morgan fingerprint density at radius 3 is 2.59 bits per heavy atom. The number of ether oxygens (including phenoxy) is 2. The second-order valence-corrected chi connectivity index (χ2v) is 3.79. The van der Waals surface area contributed by atoms with Crippen LogP contribution in [0.2, 0.25) is 0 Å². The van der Waals surface area contributed by atoms with Crippen molar-refractivity contribution in [2.24, 2.45) is 0 Å². The lowest BCUT2D eigenvalue weighted by Gasteiger charge is -2.04. The summed E-state index contributed by atoms with van der Waals surface area (Å²) >= 11 is 0. The SMILES string of the molecule is CCOCCCCCC(=O)Oc1ccccc1. The van der Waals surface area contributed by atoms with Crippen LogP contribution in [0.25, 0.3) is 0 Å². The zero-order chi connectivity index (χ0) is 12.3. The summed E-state index contributed by atoms with van der Waals surface area (Å²) in [5.41, 5.74) is 0. The number of benzene rings is 1. The average Bonchev–Trinajstić information content (AvgIpc) is 2.35. The van der Waals surface area contributed by atoms with Gasteiger partial charge in [0.1, 0.15) is 5.75 Å². The molecule has 0 N–H and O–H groups in total. The summed E-state index contributed by atoms with van der Waals surface area (Å²) in [6, 6.07) is 9.17. The number of hydrogen-bond acceptors (Lipinski definition) is 3. The predicted molar refractivity (Wildman–Crippen MR) is 67.0 cm³/mol. The summed E-state index contributed by atoms with van der Waals surface area (Å²) in [7, 11) is 0. The highest BCUT2D eigenvalue weighted by Gasteiger charge is 2.03. The maximum Gasteiger partial charge on any atom is 0.311 e. The number of hydrogen-bond donors (Lipinski definition) is 0. The smallest absolute Gasteiger partial charge is 0.311 e. The van der Waals surface area contributed by atoms with E-state index >= 15 is 0 Å². The van der Waals surface area contributed by atoms with E-state index in [0.717, 1.165) is 32.5 Å². The van der Waals surface area contributed by atoms with Crippen LogP contribution >= 0.6 is 0 Å². The molecule has 0 fully saturated rings. The van der Waals surface area contributed by atoms with Gasteiger partial charge in [-0.15, -0.1) is 0 Å². The van der Waals surface area contributed by atoms with Crippen LogP contribution in [0, 0.1) is 0 Å². The highest BCUT2D eigenvalue weighted by atomic mass is 16.5. The molecule has 94 valence electrons. The van der Waals surface area contributed by atoms with Gasteiger partial charge in [0, 0.05) is 19.6 Å². The molecule has 0 aliphatic heterocycles. The van der Waals surface area contributed by atoms with Crippen molar-refractivity contribution in [2.75, 3.05) is 13.2 Å². The van der Waals surface area contributed by atoms with Crippen LogP contribution in [0.15, 0.2) is 30.3 Å². The second-order valence-electron chi connectivity index (χ2n) is 3.79. The Morgan fingerprint density at radius 1 is 1.12 bits per heavy atom. The zero-order valence-corrected chi connectivity index (χ0v) is 10.4. The topological polar surface area (TPSA) is 35.5 Å². The molecule has 1 aromatic rings. The third-order valence-corrected chi connectivity index (χ3v) is 2.35. The molecule has 0 unspecified atom stereocenters. The first-order valence-corrected chi connectivity index (χ1v) is 6.16. The average molecular weight is 236 g/mol. The number of rotatable bonds is 8. The summed E-state index contributed by atoms with van der Waals surface area (Å²) in [6.07, 6.45) is 3.34. The fraction of sp³-hybridized carbons (Fsp3) is 0.500. The molecule has 17 heavy (non-hydrogen) atoms. The van der Waals surface area contributed by atoms with E-state index in [2.05, 4.69) is 0 Å². The molecule has 0 saturated carbocycles. The molecular weight excluding hydrogens is 216 g/mol. The van der Waals surface area contributed by atoms with Gasteiger partial charge in [-0.05, 0) is 31.9 Å². The Balaban J connectivity index is 2.06. The molecule has 0 aliphatic carbocycles. The van der Waals surface area contributed by atoms with Gasteiger partial charge >= 0.3 is 5.97 Å². The third-order valence-electron chi connectivity index (χ3n) is 2.35. The van der Waals surface area contributed by atoms with E-state index in [1.54, 1.807) is 12.1 Å². The minimum Gasteiger partial charge on any atom is -0.427 e. The molecule has 0 amide bonds. The molecule has 0 spiro atoms. The minimum absolute atomic E-state index is 0.160. The summed E-state index contributed by atoms with van der Waals surface area (Å²) in [6.45, 7) is 3.53. The van der Waals surface area contributed by atoms with Gasteiger partial charge in [0.25, 0.3) is 0 Å². The molecule has 3 nitrogen and oxygen atoms in total. The Morgan fingerprint density at radius 2 is 1.88 bits per heavy atom. The first kappa shape index (κ1) is 13.7. The number of esters is 1. The van der Waals surface area contributed by atoms with Gasteiger partial charge in [-0.1, -0.05) is 24.6 Å².